The molecule has 0 saturated carbocycles. The molecule has 1 rings (SSSR count). The van der Waals surface area contributed by atoms with Crippen LogP contribution in [0.4, 0.5) is 0 Å². The molecule has 0 amide bonds. The van der Waals surface area contributed by atoms with E-state index in [0.29, 0.717) is 0 Å². The minimum Gasteiger partial charge on any atom is -1.00 e. The van der Waals surface area contributed by atoms with Gasteiger partial charge in [0, 0.05) is 6.61 Å². The molecule has 0 heterocycles. The molecule has 0 unspecified atom stereocenters. The summed E-state index contributed by atoms with van der Waals surface area (Å²) < 4.78 is 5.74. The first-order chi connectivity index (χ1) is 5.58. The molecule has 0 saturated heterocycles. The second-order valence-corrected chi connectivity index (χ2v) is 8.52. The third kappa shape index (κ3) is 11.3. The fourth-order valence-electron chi connectivity index (χ4n) is 1.06. The van der Waals surface area contributed by atoms with Crippen molar-refractivity contribution in [2.75, 3.05) is 6.61 Å². The summed E-state index contributed by atoms with van der Waals surface area (Å²) >= 11 is 0. The fraction of sp³-hybridized carbons (Fsp3) is 0.500. The molecule has 0 atom stereocenters. The van der Waals surface area contributed by atoms with Crippen LogP contribution in [0.5, 0.6) is 0 Å². The maximum atomic E-state index is 5.74. The number of halogens is 2. The Morgan fingerprint density at radius 3 is 1.93 bits per heavy atom. The van der Waals surface area contributed by atoms with Crippen molar-refractivity contribution in [3.8, 4) is 0 Å². The molecule has 85 valence electrons. The van der Waals surface area contributed by atoms with Crippen LogP contribution >= 0.6 is 0 Å². The summed E-state index contributed by atoms with van der Waals surface area (Å²) in [7, 11) is -1.29. The second kappa shape index (κ2) is 10.2. The first kappa shape index (κ1) is 21.3. The second-order valence-electron chi connectivity index (χ2n) is 4.00. The molecule has 1 radical (unpaired) electrons. The van der Waals surface area contributed by atoms with Gasteiger partial charge in [-0.15, -0.1) is 0 Å². The van der Waals surface area contributed by atoms with Gasteiger partial charge in [-0.2, -0.15) is 17.7 Å². The molecule has 0 spiro atoms. The van der Waals surface area contributed by atoms with Gasteiger partial charge in [0.25, 0.3) is 0 Å². The SMILES string of the molecule is C[Si](C)(C)OCC[c-]1cccc1.[Cl-].[Cl-].[Zr+3]. The van der Waals surface area contributed by atoms with Gasteiger partial charge in [0.1, 0.15) is 0 Å². The van der Waals surface area contributed by atoms with Crippen molar-refractivity contribution in [1.82, 2.24) is 0 Å². The van der Waals surface area contributed by atoms with E-state index in [9.17, 15) is 0 Å². The summed E-state index contributed by atoms with van der Waals surface area (Å²) in [6.07, 6.45) is 1.05. The Morgan fingerprint density at radius 1 is 1.07 bits per heavy atom. The molecule has 5 heteroatoms. The Morgan fingerprint density at radius 2 is 1.53 bits per heavy atom. The smallest absolute Gasteiger partial charge is 1.00 e. The first-order valence-corrected chi connectivity index (χ1v) is 7.83. The van der Waals surface area contributed by atoms with E-state index in [1.54, 1.807) is 0 Å². The summed E-state index contributed by atoms with van der Waals surface area (Å²) in [6.45, 7) is 7.54. The minimum absolute atomic E-state index is 0. The maximum Gasteiger partial charge on any atom is 3.00 e. The van der Waals surface area contributed by atoms with Crippen LogP contribution in [0.3, 0.4) is 0 Å². The zero-order chi connectivity index (χ0) is 9.03. The molecule has 1 aromatic carbocycles. The summed E-state index contributed by atoms with van der Waals surface area (Å²) in [5, 5.41) is 0. The molecule has 0 aliphatic heterocycles. The normalized spacial score (nSPS) is 9.53. The summed E-state index contributed by atoms with van der Waals surface area (Å²) in [4.78, 5) is 0. The molecule has 15 heavy (non-hydrogen) atoms. The van der Waals surface area contributed by atoms with Gasteiger partial charge >= 0.3 is 26.2 Å². The zero-order valence-corrected chi connectivity index (χ0v) is 14.4. The molecule has 0 aliphatic rings. The zero-order valence-electron chi connectivity index (χ0n) is 9.39. The largest absolute Gasteiger partial charge is 3.00 e. The van der Waals surface area contributed by atoms with E-state index >= 15 is 0 Å². The molecule has 0 bridgehead atoms. The molecule has 0 aliphatic carbocycles. The van der Waals surface area contributed by atoms with E-state index in [1.165, 1.54) is 5.56 Å². The van der Waals surface area contributed by atoms with Crippen LogP contribution in [-0.4, -0.2) is 14.9 Å². The Labute approximate surface area is 125 Å². The van der Waals surface area contributed by atoms with E-state index in [4.69, 9.17) is 4.43 Å². The molecule has 0 aromatic heterocycles. The summed E-state index contributed by atoms with van der Waals surface area (Å²) in [5.74, 6) is 0. The number of hydrogen-bond donors (Lipinski definition) is 0. The monoisotopic (exact) mass is 341 g/mol. The van der Waals surface area contributed by atoms with Crippen LogP contribution < -0.4 is 24.8 Å². The van der Waals surface area contributed by atoms with E-state index < -0.39 is 8.32 Å². The quantitative estimate of drug-likeness (QED) is 0.414. The third-order valence-corrected chi connectivity index (χ3v) is 2.73. The predicted molar refractivity (Wildman–Crippen MR) is 55.0 cm³/mol. The van der Waals surface area contributed by atoms with Crippen LogP contribution in [-0.2, 0) is 37.1 Å². The number of rotatable bonds is 4. The van der Waals surface area contributed by atoms with Gasteiger partial charge in [-0.25, -0.2) is 12.1 Å². The van der Waals surface area contributed by atoms with Crippen molar-refractivity contribution in [2.24, 2.45) is 0 Å². The van der Waals surface area contributed by atoms with Crippen molar-refractivity contribution in [3.05, 3.63) is 29.8 Å². The van der Waals surface area contributed by atoms with Crippen LogP contribution in [0.25, 0.3) is 0 Å². The molecule has 0 N–H and O–H groups in total. The standard InChI is InChI=1S/C10H17OSi.2ClH.Zr/c1-12(2,3)11-9-8-10-6-4-5-7-10;;;/h4-7H,8-9H2,1-3H3;2*1H;/q-1;;;+3/p-2. The van der Waals surface area contributed by atoms with Crippen molar-refractivity contribution in [3.63, 3.8) is 0 Å². The van der Waals surface area contributed by atoms with Crippen LogP contribution in [0, 0.1) is 0 Å². The van der Waals surface area contributed by atoms with Crippen molar-refractivity contribution < 1.29 is 55.4 Å². The van der Waals surface area contributed by atoms with Gasteiger partial charge in [-0.3, -0.25) is 0 Å². The Balaban J connectivity index is -0.000000480. The van der Waals surface area contributed by atoms with Gasteiger partial charge in [0.2, 0.25) is 0 Å². The number of hydrogen-bond acceptors (Lipinski definition) is 1. The van der Waals surface area contributed by atoms with Crippen molar-refractivity contribution in [2.45, 2.75) is 26.1 Å². The van der Waals surface area contributed by atoms with E-state index in [0.717, 1.165) is 13.0 Å². The third-order valence-electron chi connectivity index (χ3n) is 1.66. The Bertz CT molecular complexity index is 222. The average Bonchev–Trinajstić information content (AvgIpc) is 2.36. The molecule has 1 aromatic rings. The summed E-state index contributed by atoms with van der Waals surface area (Å²) in [6, 6.07) is 8.44. The molecule has 0 fully saturated rings. The fourth-order valence-corrected chi connectivity index (χ4v) is 1.77. The first-order valence-electron chi connectivity index (χ1n) is 4.42. The predicted octanol–water partition coefficient (Wildman–Crippen LogP) is -3.19. The maximum absolute atomic E-state index is 5.74. The van der Waals surface area contributed by atoms with Crippen molar-refractivity contribution in [1.29, 1.82) is 0 Å². The van der Waals surface area contributed by atoms with E-state index in [2.05, 4.69) is 43.9 Å². The van der Waals surface area contributed by atoms with Gasteiger partial charge < -0.3 is 29.2 Å². The topological polar surface area (TPSA) is 9.23 Å². The Hall–Kier alpha value is 0.990. The van der Waals surface area contributed by atoms with Gasteiger partial charge in [-0.05, 0) is 19.6 Å². The van der Waals surface area contributed by atoms with E-state index in [-0.39, 0.29) is 51.0 Å². The van der Waals surface area contributed by atoms with Crippen molar-refractivity contribution >= 4 is 8.32 Å². The molecule has 1 nitrogen and oxygen atoms in total. The van der Waals surface area contributed by atoms with Crippen LogP contribution in [0.15, 0.2) is 24.3 Å². The van der Waals surface area contributed by atoms with Gasteiger partial charge in [0.05, 0.1) is 0 Å². The summed E-state index contributed by atoms with van der Waals surface area (Å²) in [5.41, 5.74) is 1.38. The molecular formula is C10H17Cl2OSiZr. The minimum atomic E-state index is -1.29. The van der Waals surface area contributed by atoms with Crippen LogP contribution in [0.1, 0.15) is 5.56 Å². The molecular weight excluding hydrogens is 326 g/mol. The van der Waals surface area contributed by atoms with Crippen LogP contribution in [0.2, 0.25) is 19.6 Å². The van der Waals surface area contributed by atoms with E-state index in [1.807, 2.05) is 0 Å². The van der Waals surface area contributed by atoms with Gasteiger partial charge in [-0.1, -0.05) is 6.42 Å². The average molecular weight is 343 g/mol. The van der Waals surface area contributed by atoms with Gasteiger partial charge in [0.15, 0.2) is 8.32 Å². The Kier molecular flexibility index (Phi) is 14.4.